The predicted molar refractivity (Wildman–Crippen MR) is 68.3 cm³/mol. The van der Waals surface area contributed by atoms with Crippen LogP contribution >= 0.6 is 7.60 Å². The summed E-state index contributed by atoms with van der Waals surface area (Å²) in [5, 5.41) is 0. The van der Waals surface area contributed by atoms with Crippen LogP contribution in [0.15, 0.2) is 24.3 Å². The van der Waals surface area contributed by atoms with Gasteiger partial charge in [0.1, 0.15) is 5.75 Å². The molecule has 0 heterocycles. The molecule has 0 fully saturated rings. The van der Waals surface area contributed by atoms with Crippen molar-refractivity contribution in [3.05, 3.63) is 29.8 Å². The Morgan fingerprint density at radius 2 is 1.57 bits per heavy atom. The van der Waals surface area contributed by atoms with Crippen LogP contribution in [0.5, 0.6) is 5.75 Å². The second-order valence-electron chi connectivity index (χ2n) is 3.72. The average Bonchev–Trinajstić information content (AvgIpc) is 2.38. The minimum Gasteiger partial charge on any atom is -0.417 e. The second-order valence-corrected chi connectivity index (χ2v) is 5.60. The summed E-state index contributed by atoms with van der Waals surface area (Å²) >= 11 is 0. The molecule has 0 aliphatic heterocycles. The van der Waals surface area contributed by atoms with Gasteiger partial charge < -0.3 is 13.8 Å². The van der Waals surface area contributed by atoms with E-state index in [-0.39, 0.29) is 19.0 Å². The van der Waals surface area contributed by atoms with Gasteiger partial charge in [0.25, 0.3) is 0 Å². The predicted octanol–water partition coefficient (Wildman–Crippen LogP) is 4.47. The summed E-state index contributed by atoms with van der Waals surface area (Å²) in [6, 6.07) is 3.38. The molecule has 1 aromatic rings. The molecule has 118 valence electrons. The molecule has 0 spiro atoms. The quantitative estimate of drug-likeness (QED) is 0.722. The molecule has 0 aromatic heterocycles. The molecule has 0 unspecified atom stereocenters. The van der Waals surface area contributed by atoms with E-state index in [9.17, 15) is 22.5 Å². The fourth-order valence-electron chi connectivity index (χ4n) is 1.35. The third kappa shape index (κ3) is 4.84. The minimum absolute atomic E-state index is 0.0423. The highest BCUT2D eigenvalue weighted by Crippen LogP contribution is 2.49. The van der Waals surface area contributed by atoms with Gasteiger partial charge in [-0.05, 0) is 38.1 Å². The largest absolute Gasteiger partial charge is 0.438 e. The van der Waals surface area contributed by atoms with Gasteiger partial charge in [0, 0.05) is 0 Å². The van der Waals surface area contributed by atoms with Gasteiger partial charge in [0.2, 0.25) is 0 Å². The number of carbonyl (C=O) groups excluding carboxylic acids is 1. The first-order chi connectivity index (χ1) is 9.73. The SMILES string of the molecule is CCOP(=O)(OCC)C(=O)Oc1ccc(C(F)(F)F)cc1. The molecule has 21 heavy (non-hydrogen) atoms. The molecule has 9 heteroatoms. The Labute approximate surface area is 119 Å². The molecule has 0 atom stereocenters. The molecule has 0 radical (unpaired) electrons. The van der Waals surface area contributed by atoms with Crippen LogP contribution in [0, 0.1) is 0 Å². The van der Waals surface area contributed by atoms with E-state index in [0.717, 1.165) is 24.3 Å². The molecule has 1 rings (SSSR count). The molecule has 0 N–H and O–H groups in total. The fourth-order valence-corrected chi connectivity index (χ4v) is 2.53. The van der Waals surface area contributed by atoms with Crippen molar-refractivity contribution in [3.63, 3.8) is 0 Å². The van der Waals surface area contributed by atoms with Crippen LogP contribution in [0.25, 0.3) is 0 Å². The number of rotatable bonds is 6. The van der Waals surface area contributed by atoms with Gasteiger partial charge in [0.15, 0.2) is 0 Å². The topological polar surface area (TPSA) is 61.8 Å². The molecule has 0 bridgehead atoms. The zero-order valence-corrected chi connectivity index (χ0v) is 12.2. The Morgan fingerprint density at radius 3 is 1.95 bits per heavy atom. The number of benzene rings is 1. The van der Waals surface area contributed by atoms with E-state index in [2.05, 4.69) is 0 Å². The van der Waals surface area contributed by atoms with Crippen molar-refractivity contribution >= 4 is 13.3 Å². The van der Waals surface area contributed by atoms with Crippen LogP contribution in [0.4, 0.5) is 18.0 Å². The van der Waals surface area contributed by atoms with E-state index in [1.54, 1.807) is 0 Å². The molecular weight excluding hydrogens is 312 g/mol. The first kappa shape index (κ1) is 17.7. The van der Waals surface area contributed by atoms with Crippen LogP contribution in [-0.2, 0) is 19.8 Å². The van der Waals surface area contributed by atoms with E-state index in [1.165, 1.54) is 13.8 Å². The molecule has 0 saturated carbocycles. The smallest absolute Gasteiger partial charge is 0.417 e. The number of halogens is 3. The van der Waals surface area contributed by atoms with Crippen molar-refractivity contribution in [3.8, 4) is 5.75 Å². The standard InChI is InChI=1S/C12H14F3O5P/c1-3-18-21(17,19-4-2)11(16)20-10-7-5-9(6-8-10)12(13,14)15/h5-8H,3-4H2,1-2H3. The van der Waals surface area contributed by atoms with Crippen LogP contribution in [0.3, 0.4) is 0 Å². The molecule has 0 aliphatic rings. The van der Waals surface area contributed by atoms with Crippen LogP contribution < -0.4 is 4.74 Å². The van der Waals surface area contributed by atoms with E-state index in [0.29, 0.717) is 0 Å². The van der Waals surface area contributed by atoms with Crippen molar-refractivity contribution in [2.24, 2.45) is 0 Å². The molecular formula is C12H14F3O5P. The average molecular weight is 326 g/mol. The van der Waals surface area contributed by atoms with Gasteiger partial charge >= 0.3 is 19.5 Å². The first-order valence-corrected chi connectivity index (χ1v) is 7.56. The maximum absolute atomic E-state index is 12.4. The van der Waals surface area contributed by atoms with Gasteiger partial charge in [-0.15, -0.1) is 0 Å². The minimum atomic E-state index is -4.49. The summed E-state index contributed by atoms with van der Waals surface area (Å²) in [6.07, 6.45) is -4.49. The van der Waals surface area contributed by atoms with Crippen LogP contribution in [0.1, 0.15) is 19.4 Å². The van der Waals surface area contributed by atoms with Crippen molar-refractivity contribution in [1.82, 2.24) is 0 Å². The van der Waals surface area contributed by atoms with Gasteiger partial charge in [-0.1, -0.05) is 0 Å². The highest BCUT2D eigenvalue weighted by Gasteiger charge is 2.37. The lowest BCUT2D eigenvalue weighted by Crippen LogP contribution is -2.12. The van der Waals surface area contributed by atoms with Gasteiger partial charge in [-0.3, -0.25) is 0 Å². The molecule has 0 saturated heterocycles. The maximum Gasteiger partial charge on any atom is 0.438 e. The zero-order valence-electron chi connectivity index (χ0n) is 11.3. The van der Waals surface area contributed by atoms with Gasteiger partial charge in [0.05, 0.1) is 18.8 Å². The normalized spacial score (nSPS) is 12.2. The Balaban J connectivity index is 2.85. The van der Waals surface area contributed by atoms with Crippen LogP contribution in [0.2, 0.25) is 0 Å². The maximum atomic E-state index is 12.4. The van der Waals surface area contributed by atoms with E-state index < -0.39 is 25.0 Å². The van der Waals surface area contributed by atoms with Crippen LogP contribution in [-0.4, -0.2) is 18.9 Å². The van der Waals surface area contributed by atoms with Crippen molar-refractivity contribution in [2.45, 2.75) is 20.0 Å². The Hall–Kier alpha value is -1.37. The Bertz CT molecular complexity index is 517. The number of hydrogen-bond acceptors (Lipinski definition) is 5. The second kappa shape index (κ2) is 7.06. The molecule has 1 aromatic carbocycles. The lowest BCUT2D eigenvalue weighted by atomic mass is 10.2. The zero-order chi connectivity index (χ0) is 16.1. The van der Waals surface area contributed by atoms with Gasteiger partial charge in [-0.25, -0.2) is 9.36 Å². The molecule has 0 amide bonds. The lowest BCUT2D eigenvalue weighted by molar-refractivity contribution is -0.137. The number of ether oxygens (including phenoxy) is 1. The highest BCUT2D eigenvalue weighted by molar-refractivity contribution is 7.71. The number of carbonyl (C=O) groups is 1. The van der Waals surface area contributed by atoms with Crippen molar-refractivity contribution in [2.75, 3.05) is 13.2 Å². The molecule has 0 aliphatic carbocycles. The molecule has 5 nitrogen and oxygen atoms in total. The summed E-state index contributed by atoms with van der Waals surface area (Å²) in [5.41, 5.74) is -2.16. The monoisotopic (exact) mass is 326 g/mol. The summed E-state index contributed by atoms with van der Waals surface area (Å²) in [5.74, 6) is -0.187. The Kier molecular flexibility index (Phi) is 5.95. The van der Waals surface area contributed by atoms with Crippen molar-refractivity contribution in [1.29, 1.82) is 0 Å². The first-order valence-electron chi connectivity index (χ1n) is 6.01. The summed E-state index contributed by atoms with van der Waals surface area (Å²) in [4.78, 5) is 11.7. The lowest BCUT2D eigenvalue weighted by Gasteiger charge is -2.15. The number of alkyl halides is 3. The van der Waals surface area contributed by atoms with Gasteiger partial charge in [-0.2, -0.15) is 13.2 Å². The fraction of sp³-hybridized carbons (Fsp3) is 0.417. The van der Waals surface area contributed by atoms with Crippen molar-refractivity contribution < 1.29 is 36.3 Å². The van der Waals surface area contributed by atoms with E-state index >= 15 is 0 Å². The summed E-state index contributed by atoms with van der Waals surface area (Å²) in [6.45, 7) is 2.94. The summed E-state index contributed by atoms with van der Waals surface area (Å²) in [7, 11) is -4.10. The highest BCUT2D eigenvalue weighted by atomic mass is 31.2. The van der Waals surface area contributed by atoms with E-state index in [4.69, 9.17) is 13.8 Å². The Morgan fingerprint density at radius 1 is 1.10 bits per heavy atom. The third-order valence-corrected chi connectivity index (χ3v) is 3.94. The summed E-state index contributed by atoms with van der Waals surface area (Å²) < 4.78 is 63.4. The third-order valence-electron chi connectivity index (χ3n) is 2.21. The number of hydrogen-bond donors (Lipinski definition) is 0. The van der Waals surface area contributed by atoms with E-state index in [1.807, 2.05) is 0 Å².